The van der Waals surface area contributed by atoms with Gasteiger partial charge in [-0.05, 0) is 19.1 Å². The molecule has 0 aliphatic carbocycles. The molecule has 1 aliphatic heterocycles. The van der Waals surface area contributed by atoms with Gasteiger partial charge in [0.1, 0.15) is 5.69 Å². The second-order valence-corrected chi connectivity index (χ2v) is 4.76. The quantitative estimate of drug-likeness (QED) is 0.615. The minimum absolute atomic E-state index is 0.192. The van der Waals surface area contributed by atoms with E-state index >= 15 is 0 Å². The number of benzene rings is 1. The van der Waals surface area contributed by atoms with Gasteiger partial charge in [-0.1, -0.05) is 0 Å². The van der Waals surface area contributed by atoms with Gasteiger partial charge in [-0.15, -0.1) is 0 Å². The smallest absolute Gasteiger partial charge is 0.310 e. The summed E-state index contributed by atoms with van der Waals surface area (Å²) in [5.74, 6) is -1.79. The number of nitro benzene ring substituents is 1. The van der Waals surface area contributed by atoms with Crippen molar-refractivity contribution in [3.05, 3.63) is 33.9 Å². The third-order valence-corrected chi connectivity index (χ3v) is 3.34. The monoisotopic (exact) mass is 293 g/mol. The molecule has 0 saturated carbocycles. The van der Waals surface area contributed by atoms with Crippen LogP contribution in [-0.4, -0.2) is 41.5 Å². The van der Waals surface area contributed by atoms with E-state index in [9.17, 15) is 19.7 Å². The fourth-order valence-corrected chi connectivity index (χ4v) is 2.17. The topological polar surface area (TPSA) is 113 Å². The molecule has 21 heavy (non-hydrogen) atoms. The summed E-state index contributed by atoms with van der Waals surface area (Å²) in [6.45, 7) is 2.65. The first kappa shape index (κ1) is 14.8. The Labute approximate surface area is 120 Å². The number of rotatable bonds is 5. The Bertz CT molecular complexity index is 595. The van der Waals surface area contributed by atoms with Crippen molar-refractivity contribution >= 4 is 23.3 Å². The van der Waals surface area contributed by atoms with Crippen LogP contribution in [0.3, 0.4) is 0 Å². The Morgan fingerprint density at radius 3 is 2.67 bits per heavy atom. The highest BCUT2D eigenvalue weighted by Gasteiger charge is 2.35. The van der Waals surface area contributed by atoms with E-state index in [1.54, 1.807) is 11.8 Å². The number of nitro groups is 1. The molecule has 1 aromatic carbocycles. The molecule has 112 valence electrons. The zero-order chi connectivity index (χ0) is 15.6. The first-order valence-corrected chi connectivity index (χ1v) is 6.48. The molecule has 1 saturated heterocycles. The summed E-state index contributed by atoms with van der Waals surface area (Å²) in [6, 6.07) is 4.20. The van der Waals surface area contributed by atoms with Gasteiger partial charge in [0.05, 0.1) is 10.8 Å². The van der Waals surface area contributed by atoms with E-state index in [0.29, 0.717) is 12.2 Å². The summed E-state index contributed by atoms with van der Waals surface area (Å²) in [5.41, 5.74) is 0.357. The number of hydrogen-bond acceptors (Lipinski definition) is 5. The maximum atomic E-state index is 11.7. The molecule has 0 unspecified atom stereocenters. The summed E-state index contributed by atoms with van der Waals surface area (Å²) >= 11 is 0. The summed E-state index contributed by atoms with van der Waals surface area (Å²) in [5, 5.41) is 22.6. The number of amides is 1. The molecule has 0 atom stereocenters. The van der Waals surface area contributed by atoms with Crippen LogP contribution in [0.25, 0.3) is 0 Å². The van der Waals surface area contributed by atoms with Crippen LogP contribution in [0, 0.1) is 16.0 Å². The zero-order valence-electron chi connectivity index (χ0n) is 11.4. The van der Waals surface area contributed by atoms with Crippen molar-refractivity contribution in [1.82, 2.24) is 5.32 Å². The number of nitrogens with one attached hydrogen (secondary N) is 1. The number of carboxylic acid groups (broad SMARTS) is 1. The Balaban J connectivity index is 2.25. The Morgan fingerprint density at radius 2 is 2.14 bits per heavy atom. The predicted octanol–water partition coefficient (Wildman–Crippen LogP) is 0.865. The van der Waals surface area contributed by atoms with Crippen molar-refractivity contribution in [3.63, 3.8) is 0 Å². The molecule has 8 heteroatoms. The number of anilines is 1. The van der Waals surface area contributed by atoms with Gasteiger partial charge in [-0.3, -0.25) is 19.7 Å². The first-order valence-electron chi connectivity index (χ1n) is 6.48. The lowest BCUT2D eigenvalue weighted by Gasteiger charge is -2.38. The lowest BCUT2D eigenvalue weighted by atomic mass is 9.98. The van der Waals surface area contributed by atoms with Crippen LogP contribution in [-0.2, 0) is 4.79 Å². The molecule has 1 heterocycles. The summed E-state index contributed by atoms with van der Waals surface area (Å²) < 4.78 is 0. The Kier molecular flexibility index (Phi) is 4.06. The van der Waals surface area contributed by atoms with Crippen LogP contribution in [0.15, 0.2) is 18.2 Å². The fraction of sp³-hybridized carbons (Fsp3) is 0.385. The van der Waals surface area contributed by atoms with E-state index in [1.807, 2.05) is 0 Å². The van der Waals surface area contributed by atoms with Gasteiger partial charge in [0, 0.05) is 31.3 Å². The predicted molar refractivity (Wildman–Crippen MR) is 74.4 cm³/mol. The van der Waals surface area contributed by atoms with Crippen molar-refractivity contribution in [3.8, 4) is 0 Å². The van der Waals surface area contributed by atoms with E-state index in [2.05, 4.69) is 5.32 Å². The van der Waals surface area contributed by atoms with Crippen LogP contribution in [0.4, 0.5) is 11.4 Å². The zero-order valence-corrected chi connectivity index (χ0v) is 11.4. The lowest BCUT2D eigenvalue weighted by molar-refractivity contribution is -0.384. The summed E-state index contributed by atoms with van der Waals surface area (Å²) in [6.07, 6.45) is 0. The number of carbonyl (C=O) groups is 2. The molecule has 1 fully saturated rings. The van der Waals surface area contributed by atoms with Crippen molar-refractivity contribution in [2.24, 2.45) is 5.92 Å². The minimum Gasteiger partial charge on any atom is -0.481 e. The second kappa shape index (κ2) is 5.78. The first-order chi connectivity index (χ1) is 9.93. The molecule has 1 aromatic rings. The van der Waals surface area contributed by atoms with Gasteiger partial charge in [0.15, 0.2) is 0 Å². The Morgan fingerprint density at radius 1 is 1.48 bits per heavy atom. The summed E-state index contributed by atoms with van der Waals surface area (Å²) in [7, 11) is 0. The van der Waals surface area contributed by atoms with Gasteiger partial charge in [0.25, 0.3) is 11.6 Å². The van der Waals surface area contributed by atoms with Gasteiger partial charge in [0.2, 0.25) is 0 Å². The minimum atomic E-state index is -0.909. The molecule has 0 radical (unpaired) electrons. The van der Waals surface area contributed by atoms with Crippen molar-refractivity contribution in [1.29, 1.82) is 0 Å². The highest BCUT2D eigenvalue weighted by atomic mass is 16.6. The lowest BCUT2D eigenvalue weighted by Crippen LogP contribution is -2.50. The second-order valence-electron chi connectivity index (χ2n) is 4.76. The highest BCUT2D eigenvalue weighted by molar-refractivity contribution is 5.95. The van der Waals surface area contributed by atoms with Gasteiger partial charge < -0.3 is 15.3 Å². The van der Waals surface area contributed by atoms with Crippen molar-refractivity contribution < 1.29 is 19.6 Å². The van der Waals surface area contributed by atoms with Crippen molar-refractivity contribution in [2.45, 2.75) is 6.92 Å². The normalized spacial score (nSPS) is 14.4. The maximum Gasteiger partial charge on any atom is 0.310 e. The van der Waals surface area contributed by atoms with Crippen LogP contribution in [0.5, 0.6) is 0 Å². The van der Waals surface area contributed by atoms with E-state index in [4.69, 9.17) is 5.11 Å². The third kappa shape index (κ3) is 2.93. The largest absolute Gasteiger partial charge is 0.481 e. The van der Waals surface area contributed by atoms with Gasteiger partial charge >= 0.3 is 5.97 Å². The molecular weight excluding hydrogens is 278 g/mol. The maximum absolute atomic E-state index is 11.7. The average molecular weight is 293 g/mol. The van der Waals surface area contributed by atoms with E-state index < -0.39 is 16.8 Å². The van der Waals surface area contributed by atoms with Crippen LogP contribution in [0.2, 0.25) is 0 Å². The van der Waals surface area contributed by atoms with E-state index in [1.165, 1.54) is 18.2 Å². The van der Waals surface area contributed by atoms with Crippen LogP contribution in [0.1, 0.15) is 17.3 Å². The molecule has 0 aromatic heterocycles. The molecule has 1 amide bonds. The third-order valence-electron chi connectivity index (χ3n) is 3.34. The van der Waals surface area contributed by atoms with E-state index in [-0.39, 0.29) is 30.2 Å². The molecule has 0 spiro atoms. The van der Waals surface area contributed by atoms with Gasteiger partial charge in [-0.2, -0.15) is 0 Å². The molecule has 0 bridgehead atoms. The SMILES string of the molecule is CCNC(=O)c1ccc(N2CC(C(=O)O)C2)c([N+](=O)[O-])c1. The fourth-order valence-electron chi connectivity index (χ4n) is 2.17. The number of carbonyl (C=O) groups excluding carboxylic acids is 1. The molecule has 1 aliphatic rings. The molecule has 8 nitrogen and oxygen atoms in total. The number of aliphatic carboxylic acids is 1. The molecular formula is C13H15N3O5. The number of nitrogens with zero attached hydrogens (tertiary/aromatic N) is 2. The summed E-state index contributed by atoms with van der Waals surface area (Å²) in [4.78, 5) is 34.7. The van der Waals surface area contributed by atoms with Crippen molar-refractivity contribution in [2.75, 3.05) is 24.5 Å². The number of hydrogen-bond donors (Lipinski definition) is 2. The molecule has 2 N–H and O–H groups in total. The van der Waals surface area contributed by atoms with Crippen LogP contribution < -0.4 is 10.2 Å². The van der Waals surface area contributed by atoms with Gasteiger partial charge in [-0.25, -0.2) is 0 Å². The Hall–Kier alpha value is -2.64. The highest BCUT2D eigenvalue weighted by Crippen LogP contribution is 2.34. The molecule has 2 rings (SSSR count). The standard InChI is InChI=1S/C13H15N3O5/c1-2-14-12(17)8-3-4-10(11(5-8)16(20)21)15-6-9(7-15)13(18)19/h3-5,9H,2,6-7H2,1H3,(H,14,17)(H,18,19). The van der Waals surface area contributed by atoms with E-state index in [0.717, 1.165) is 0 Å². The number of carboxylic acids is 1. The van der Waals surface area contributed by atoms with Crippen LogP contribution >= 0.6 is 0 Å². The average Bonchev–Trinajstić information content (AvgIpc) is 2.36.